The highest BCUT2D eigenvalue weighted by atomic mass is 16.5. The lowest BCUT2D eigenvalue weighted by molar-refractivity contribution is 0.102. The van der Waals surface area contributed by atoms with Crippen LogP contribution >= 0.6 is 0 Å². The minimum Gasteiger partial charge on any atom is -0.497 e. The average Bonchev–Trinajstić information content (AvgIpc) is 3.75. The number of carbonyl (C=O) groups is 1. The summed E-state index contributed by atoms with van der Waals surface area (Å²) in [5.41, 5.74) is 7.47. The number of hydrogen-bond acceptors (Lipinski definition) is 6. The van der Waals surface area contributed by atoms with Gasteiger partial charge in [0.05, 0.1) is 12.6 Å². The zero-order valence-electron chi connectivity index (χ0n) is 23.9. The fraction of sp³-hybridized carbons (Fsp3) is 0.273. The van der Waals surface area contributed by atoms with Crippen LogP contribution in [0.3, 0.4) is 0 Å². The van der Waals surface area contributed by atoms with E-state index in [2.05, 4.69) is 47.4 Å². The predicted molar refractivity (Wildman–Crippen MR) is 163 cm³/mol. The lowest BCUT2D eigenvalue weighted by Crippen LogP contribution is -2.17. The first-order valence-corrected chi connectivity index (χ1v) is 14.0. The van der Waals surface area contributed by atoms with Crippen molar-refractivity contribution in [3.63, 3.8) is 0 Å². The molecule has 1 aliphatic carbocycles. The van der Waals surface area contributed by atoms with Gasteiger partial charge in [0.2, 0.25) is 0 Å². The zero-order chi connectivity index (χ0) is 28.5. The first-order valence-electron chi connectivity index (χ1n) is 14.0. The number of anilines is 2. The molecule has 0 radical (unpaired) electrons. The Morgan fingerprint density at radius 2 is 1.85 bits per heavy atom. The molecule has 3 heterocycles. The molecule has 6 rings (SSSR count). The summed E-state index contributed by atoms with van der Waals surface area (Å²) < 4.78 is 7.21. The Balaban J connectivity index is 1.20. The van der Waals surface area contributed by atoms with Gasteiger partial charge in [-0.2, -0.15) is 5.10 Å². The Morgan fingerprint density at radius 1 is 1.05 bits per heavy atom. The molecule has 0 aliphatic heterocycles. The van der Waals surface area contributed by atoms with Crippen molar-refractivity contribution in [2.24, 2.45) is 0 Å². The van der Waals surface area contributed by atoms with E-state index in [9.17, 15) is 4.79 Å². The van der Waals surface area contributed by atoms with Gasteiger partial charge in [0.15, 0.2) is 5.69 Å². The molecule has 208 valence electrons. The Bertz CT molecular complexity index is 1720. The molecule has 0 saturated heterocycles. The Labute approximate surface area is 240 Å². The third kappa shape index (κ3) is 5.63. The summed E-state index contributed by atoms with van der Waals surface area (Å²) in [4.78, 5) is 24.6. The molecule has 0 spiro atoms. The van der Waals surface area contributed by atoms with Gasteiger partial charge in [-0.05, 0) is 79.8 Å². The largest absolute Gasteiger partial charge is 0.497 e. The van der Waals surface area contributed by atoms with Crippen LogP contribution in [0.1, 0.15) is 53.0 Å². The molecule has 2 aromatic carbocycles. The molecule has 5 aromatic rings. The van der Waals surface area contributed by atoms with Gasteiger partial charge in [-0.15, -0.1) is 0 Å². The van der Waals surface area contributed by atoms with Crippen LogP contribution in [0.15, 0.2) is 73.1 Å². The van der Waals surface area contributed by atoms with Crippen LogP contribution in [0.5, 0.6) is 5.75 Å². The number of rotatable bonds is 9. The van der Waals surface area contributed by atoms with E-state index in [1.54, 1.807) is 7.11 Å². The molecular formula is C33H34N6O2. The van der Waals surface area contributed by atoms with Crippen LogP contribution in [0.4, 0.5) is 11.5 Å². The molecule has 8 heteroatoms. The first-order chi connectivity index (χ1) is 19.9. The van der Waals surface area contributed by atoms with Gasteiger partial charge < -0.3 is 15.0 Å². The molecule has 0 atom stereocenters. The summed E-state index contributed by atoms with van der Waals surface area (Å²) in [6.07, 6.45) is 6.10. The van der Waals surface area contributed by atoms with E-state index in [4.69, 9.17) is 14.7 Å². The van der Waals surface area contributed by atoms with Crippen molar-refractivity contribution >= 4 is 28.3 Å². The maximum absolute atomic E-state index is 13.1. The van der Waals surface area contributed by atoms with Crippen LogP contribution in [0, 0.1) is 6.92 Å². The third-order valence-corrected chi connectivity index (χ3v) is 7.67. The summed E-state index contributed by atoms with van der Waals surface area (Å²) in [6, 6.07) is 20.0. The fourth-order valence-corrected chi connectivity index (χ4v) is 5.16. The van der Waals surface area contributed by atoms with Crippen molar-refractivity contribution in [3.8, 4) is 16.9 Å². The summed E-state index contributed by atoms with van der Waals surface area (Å²) in [5, 5.41) is 8.54. The number of nitrogens with zero attached hydrogens (tertiary/aromatic N) is 5. The fourth-order valence-electron chi connectivity index (χ4n) is 5.16. The SMILES string of the molecule is CCn1nc(C(=O)Nc2ccc(C)c(-c3cnc4cc(N(C)Cc5ccc(OC)cc5)ncc4c3)c2)cc1C1CC1. The van der Waals surface area contributed by atoms with Gasteiger partial charge in [-0.1, -0.05) is 18.2 Å². The Hall–Kier alpha value is -4.72. The van der Waals surface area contributed by atoms with Gasteiger partial charge in [-0.3, -0.25) is 14.5 Å². The molecule has 3 aromatic heterocycles. The maximum atomic E-state index is 13.1. The first kappa shape index (κ1) is 26.5. The van der Waals surface area contributed by atoms with Gasteiger partial charge in [-0.25, -0.2) is 4.98 Å². The van der Waals surface area contributed by atoms with Crippen LogP contribution in [0.2, 0.25) is 0 Å². The molecule has 0 bridgehead atoms. The van der Waals surface area contributed by atoms with E-state index < -0.39 is 0 Å². The molecule has 1 saturated carbocycles. The second-order valence-electron chi connectivity index (χ2n) is 10.7. The minimum atomic E-state index is -0.193. The van der Waals surface area contributed by atoms with E-state index in [-0.39, 0.29) is 5.91 Å². The molecule has 41 heavy (non-hydrogen) atoms. The topological polar surface area (TPSA) is 85.2 Å². The van der Waals surface area contributed by atoms with Gasteiger partial charge in [0, 0.05) is 66.8 Å². The minimum absolute atomic E-state index is 0.193. The smallest absolute Gasteiger partial charge is 0.276 e. The lowest BCUT2D eigenvalue weighted by Gasteiger charge is -2.19. The summed E-state index contributed by atoms with van der Waals surface area (Å²) in [5.74, 6) is 2.04. The summed E-state index contributed by atoms with van der Waals surface area (Å²) in [6.45, 7) is 5.60. The van der Waals surface area contributed by atoms with Crippen molar-refractivity contribution in [3.05, 3.63) is 95.6 Å². The predicted octanol–water partition coefficient (Wildman–Crippen LogP) is 6.60. The quantitative estimate of drug-likeness (QED) is 0.224. The average molecular weight is 547 g/mol. The normalized spacial score (nSPS) is 12.9. The van der Waals surface area contributed by atoms with Crippen LogP contribution in [-0.4, -0.2) is 39.8 Å². The van der Waals surface area contributed by atoms with Gasteiger partial charge in [0.1, 0.15) is 11.6 Å². The third-order valence-electron chi connectivity index (χ3n) is 7.67. The number of carbonyl (C=O) groups excluding carboxylic acids is 1. The van der Waals surface area contributed by atoms with E-state index in [0.29, 0.717) is 11.6 Å². The second-order valence-corrected chi connectivity index (χ2v) is 10.7. The van der Waals surface area contributed by atoms with Crippen LogP contribution < -0.4 is 15.0 Å². The molecule has 1 aliphatic rings. The standard InChI is InChI=1S/C33H34N6O2/c1-5-39-31(23-9-10-23)16-30(37-39)33(40)36-26-11-6-21(2)28(15-26)24-14-25-19-35-32(17-29(25)34-18-24)38(3)20-22-7-12-27(41-4)13-8-22/h6-8,11-19,23H,5,9-10,20H2,1-4H3,(H,36,40). The maximum Gasteiger partial charge on any atom is 0.276 e. The molecule has 1 N–H and O–H groups in total. The summed E-state index contributed by atoms with van der Waals surface area (Å²) in [7, 11) is 3.69. The monoisotopic (exact) mass is 546 g/mol. The molecule has 8 nitrogen and oxygen atoms in total. The van der Waals surface area contributed by atoms with Crippen LogP contribution in [-0.2, 0) is 13.1 Å². The highest BCUT2D eigenvalue weighted by Gasteiger charge is 2.29. The number of methoxy groups -OCH3 is 1. The van der Waals surface area contributed by atoms with E-state index >= 15 is 0 Å². The van der Waals surface area contributed by atoms with Gasteiger partial charge in [0.25, 0.3) is 5.91 Å². The van der Waals surface area contributed by atoms with Crippen molar-refractivity contribution in [1.29, 1.82) is 0 Å². The number of aryl methyl sites for hydroxylation is 2. The van der Waals surface area contributed by atoms with Crippen molar-refractivity contribution < 1.29 is 9.53 Å². The number of pyridine rings is 2. The highest BCUT2D eigenvalue weighted by molar-refractivity contribution is 6.03. The molecule has 1 fully saturated rings. The Morgan fingerprint density at radius 3 is 2.59 bits per heavy atom. The zero-order valence-corrected chi connectivity index (χ0v) is 23.9. The van der Waals surface area contributed by atoms with Crippen molar-refractivity contribution in [2.45, 2.75) is 45.7 Å². The van der Waals surface area contributed by atoms with E-state index in [1.807, 2.05) is 66.6 Å². The number of nitrogens with one attached hydrogen (secondary N) is 1. The molecular weight excluding hydrogens is 512 g/mol. The van der Waals surface area contributed by atoms with Crippen molar-refractivity contribution in [2.75, 3.05) is 24.4 Å². The number of amides is 1. The number of ether oxygens (including phenoxy) is 1. The molecule has 0 unspecified atom stereocenters. The number of aromatic nitrogens is 4. The second kappa shape index (κ2) is 11.0. The van der Waals surface area contributed by atoms with Crippen molar-refractivity contribution in [1.82, 2.24) is 19.7 Å². The molecule has 1 amide bonds. The number of benzene rings is 2. The lowest BCUT2D eigenvalue weighted by atomic mass is 10.00. The highest BCUT2D eigenvalue weighted by Crippen LogP contribution is 2.40. The van der Waals surface area contributed by atoms with Crippen LogP contribution in [0.25, 0.3) is 22.0 Å². The number of fused-ring (bicyclic) bond motifs is 1. The van der Waals surface area contributed by atoms with E-state index in [0.717, 1.165) is 63.6 Å². The number of hydrogen-bond donors (Lipinski definition) is 1. The van der Waals surface area contributed by atoms with E-state index in [1.165, 1.54) is 18.4 Å². The Kier molecular flexibility index (Phi) is 7.14. The summed E-state index contributed by atoms with van der Waals surface area (Å²) >= 11 is 0. The van der Waals surface area contributed by atoms with Gasteiger partial charge >= 0.3 is 0 Å².